The largest absolute Gasteiger partial charge is 0.513 e. The van der Waals surface area contributed by atoms with Crippen molar-refractivity contribution >= 4 is 35.3 Å². The topological polar surface area (TPSA) is 130 Å². The molecule has 0 aliphatic carbocycles. The second-order valence-corrected chi connectivity index (χ2v) is 12.4. The van der Waals surface area contributed by atoms with Gasteiger partial charge in [-0.15, -0.1) is 0 Å². The molecule has 12 nitrogen and oxygen atoms in total. The van der Waals surface area contributed by atoms with Gasteiger partial charge in [-0.2, -0.15) is 0 Å². The van der Waals surface area contributed by atoms with Crippen LogP contribution in [0.2, 0.25) is 0 Å². The number of hydrogen-bond donors (Lipinski definition) is 0. The summed E-state index contributed by atoms with van der Waals surface area (Å²) in [4.78, 5) is 51.4. The quantitative estimate of drug-likeness (QED) is 0.102. The van der Waals surface area contributed by atoms with E-state index >= 15 is 0 Å². The third-order valence-electron chi connectivity index (χ3n) is 7.73. The molecule has 0 heterocycles. The van der Waals surface area contributed by atoms with Crippen molar-refractivity contribution in [3.63, 3.8) is 0 Å². The van der Waals surface area contributed by atoms with Crippen molar-refractivity contribution in [1.82, 2.24) is 9.80 Å². The average Bonchev–Trinajstić information content (AvgIpc) is 3.07. The van der Waals surface area contributed by atoms with Gasteiger partial charge in [0.25, 0.3) is 0 Å². The summed E-state index contributed by atoms with van der Waals surface area (Å²) in [6.07, 6.45) is -0.836. The first kappa shape index (κ1) is 42.2. The molecule has 3 aromatic rings. The smallest absolute Gasteiger partial charge is 0.434 e. The Labute approximate surface area is 301 Å². The molecule has 0 atom stereocenters. The van der Waals surface area contributed by atoms with E-state index in [0.29, 0.717) is 43.9 Å². The molecule has 0 fully saturated rings. The molecule has 0 bridgehead atoms. The van der Waals surface area contributed by atoms with E-state index in [9.17, 15) is 19.2 Å². The van der Waals surface area contributed by atoms with Gasteiger partial charge in [0, 0.05) is 26.2 Å². The summed E-state index contributed by atoms with van der Waals surface area (Å²) in [5.74, 6) is 1.06. The lowest BCUT2D eigenvalue weighted by atomic mass is 9.86. The number of ether oxygens (including phenoxy) is 6. The van der Waals surface area contributed by atoms with Crippen molar-refractivity contribution in [2.45, 2.75) is 87.5 Å². The Hall–Kier alpha value is -5.00. The zero-order valence-electron chi connectivity index (χ0n) is 31.8. The van der Waals surface area contributed by atoms with Gasteiger partial charge in [0.05, 0.1) is 18.6 Å². The maximum atomic E-state index is 12.4. The first-order valence-electron chi connectivity index (χ1n) is 17.5. The molecular weight excluding hydrogens is 656 g/mol. The number of benzene rings is 3. The highest BCUT2D eigenvalue weighted by atomic mass is 16.7. The zero-order valence-corrected chi connectivity index (χ0v) is 31.8. The molecule has 0 unspecified atom stereocenters. The molecule has 0 spiro atoms. The Morgan fingerprint density at radius 2 is 1.16 bits per heavy atom. The minimum atomic E-state index is -0.797. The second-order valence-electron chi connectivity index (χ2n) is 12.4. The molecule has 0 aliphatic heterocycles. The van der Waals surface area contributed by atoms with Crippen molar-refractivity contribution in [3.8, 4) is 23.0 Å². The van der Waals surface area contributed by atoms with Crippen LogP contribution >= 0.6 is 0 Å². The van der Waals surface area contributed by atoms with E-state index < -0.39 is 24.5 Å². The summed E-state index contributed by atoms with van der Waals surface area (Å²) in [6.45, 7) is 21.9. The molecule has 0 saturated carbocycles. The van der Waals surface area contributed by atoms with Gasteiger partial charge in [0.1, 0.15) is 11.5 Å². The SMILES string of the molecule is CCCCOC(=O)Oc1cc(C(C)(C)C)cc(C)c1OC(=O)N(CC)CC.CCOC(=O)Oc1cccc2cccc(OC(=O)N(CC)CC)c12. The Bertz CT molecular complexity index is 1600. The summed E-state index contributed by atoms with van der Waals surface area (Å²) in [6, 6.07) is 14.2. The second kappa shape index (κ2) is 20.6. The minimum absolute atomic E-state index is 0.156. The summed E-state index contributed by atoms with van der Waals surface area (Å²) in [7, 11) is 0. The molecule has 2 amide bonds. The number of unbranched alkanes of at least 4 members (excludes halogenated alkanes) is 1. The number of amides is 2. The lowest BCUT2D eigenvalue weighted by molar-refractivity contribution is 0.0957. The van der Waals surface area contributed by atoms with Crippen LogP contribution in [0.15, 0.2) is 48.5 Å². The number of aryl methyl sites for hydroxylation is 1. The molecule has 0 N–H and O–H groups in total. The molecule has 0 aromatic heterocycles. The number of hydrogen-bond acceptors (Lipinski definition) is 10. The predicted molar refractivity (Wildman–Crippen MR) is 196 cm³/mol. The van der Waals surface area contributed by atoms with Gasteiger partial charge in [-0.25, -0.2) is 19.2 Å². The minimum Gasteiger partial charge on any atom is -0.434 e. The van der Waals surface area contributed by atoms with E-state index in [-0.39, 0.29) is 29.3 Å². The van der Waals surface area contributed by atoms with Crippen molar-refractivity contribution < 1.29 is 47.6 Å². The molecule has 0 saturated heterocycles. The van der Waals surface area contributed by atoms with Crippen LogP contribution in [0.5, 0.6) is 23.0 Å². The molecule has 12 heteroatoms. The fourth-order valence-corrected chi connectivity index (χ4v) is 4.75. The number of nitrogens with zero attached hydrogens (tertiary/aromatic N) is 2. The summed E-state index contributed by atoms with van der Waals surface area (Å²) in [5.41, 5.74) is 1.54. The number of rotatable bonds is 12. The predicted octanol–water partition coefficient (Wildman–Crippen LogP) is 9.66. The van der Waals surface area contributed by atoms with Gasteiger partial charge in [0.15, 0.2) is 11.5 Å². The van der Waals surface area contributed by atoms with Crippen LogP contribution < -0.4 is 18.9 Å². The van der Waals surface area contributed by atoms with Crippen LogP contribution in [-0.2, 0) is 14.9 Å². The Kier molecular flexibility index (Phi) is 17.0. The first-order chi connectivity index (χ1) is 24.2. The fraction of sp³-hybridized carbons (Fsp3) is 0.487. The van der Waals surface area contributed by atoms with Crippen LogP contribution in [0.25, 0.3) is 10.8 Å². The lowest BCUT2D eigenvalue weighted by Gasteiger charge is -2.24. The van der Waals surface area contributed by atoms with Gasteiger partial charge in [-0.1, -0.05) is 64.4 Å². The molecule has 280 valence electrons. The summed E-state index contributed by atoms with van der Waals surface area (Å²) in [5, 5.41) is 1.34. The number of carbonyl (C=O) groups excluding carboxylic acids is 4. The third kappa shape index (κ3) is 12.7. The molecule has 3 rings (SSSR count). The third-order valence-corrected chi connectivity index (χ3v) is 7.73. The van der Waals surface area contributed by atoms with Crippen molar-refractivity contribution in [2.24, 2.45) is 0 Å². The van der Waals surface area contributed by atoms with E-state index in [4.69, 9.17) is 28.4 Å². The number of fused-ring (bicyclic) bond motifs is 1. The van der Waals surface area contributed by atoms with Gasteiger partial charge >= 0.3 is 24.5 Å². The fourth-order valence-electron chi connectivity index (χ4n) is 4.75. The standard InChI is InChI=1S/C21H33NO5.C18H21NO5/c1-8-11-12-25-20(24)26-17-14-16(21(5,6)7)13-15(4)18(17)27-19(23)22(9-2)10-3;1-4-19(5-2)17(20)23-14-11-7-9-13-10-8-12-15(16(13)14)24-18(21)22-6-3/h13-14H,8-12H2,1-7H3;7-12H,4-6H2,1-3H3. The average molecular weight is 711 g/mol. The van der Waals surface area contributed by atoms with Crippen molar-refractivity contribution in [2.75, 3.05) is 39.4 Å². The van der Waals surface area contributed by atoms with Crippen molar-refractivity contribution in [3.05, 3.63) is 59.7 Å². The van der Waals surface area contributed by atoms with E-state index in [1.54, 1.807) is 47.1 Å². The van der Waals surface area contributed by atoms with Crippen LogP contribution in [0.1, 0.15) is 86.3 Å². The summed E-state index contributed by atoms with van der Waals surface area (Å²) >= 11 is 0. The maximum absolute atomic E-state index is 12.4. The normalized spacial score (nSPS) is 10.7. The molecule has 3 aromatic carbocycles. The van der Waals surface area contributed by atoms with Crippen LogP contribution in [0.3, 0.4) is 0 Å². The first-order valence-corrected chi connectivity index (χ1v) is 17.5. The Morgan fingerprint density at radius 3 is 1.67 bits per heavy atom. The Balaban J connectivity index is 0.000000355. The highest BCUT2D eigenvalue weighted by Gasteiger charge is 2.24. The molecule has 51 heavy (non-hydrogen) atoms. The van der Waals surface area contributed by atoms with Crippen LogP contribution in [0, 0.1) is 6.92 Å². The van der Waals surface area contributed by atoms with E-state index in [2.05, 4.69) is 20.8 Å². The summed E-state index contributed by atoms with van der Waals surface area (Å²) < 4.78 is 31.6. The monoisotopic (exact) mass is 710 g/mol. The van der Waals surface area contributed by atoms with Crippen LogP contribution in [0.4, 0.5) is 19.2 Å². The molecule has 0 radical (unpaired) electrons. The highest BCUT2D eigenvalue weighted by molar-refractivity contribution is 5.96. The highest BCUT2D eigenvalue weighted by Crippen LogP contribution is 2.38. The molecule has 0 aliphatic rings. The van der Waals surface area contributed by atoms with Crippen molar-refractivity contribution in [1.29, 1.82) is 0 Å². The maximum Gasteiger partial charge on any atom is 0.513 e. The van der Waals surface area contributed by atoms with Crippen LogP contribution in [-0.4, -0.2) is 73.7 Å². The number of carbonyl (C=O) groups is 4. The van der Waals surface area contributed by atoms with E-state index in [1.807, 2.05) is 59.7 Å². The zero-order chi connectivity index (χ0) is 38.1. The van der Waals surface area contributed by atoms with Gasteiger partial charge < -0.3 is 38.2 Å². The lowest BCUT2D eigenvalue weighted by Crippen LogP contribution is -2.33. The Morgan fingerprint density at radius 1 is 0.647 bits per heavy atom. The molecular formula is C39H54N2O10. The van der Waals surface area contributed by atoms with E-state index in [1.165, 1.54) is 0 Å². The van der Waals surface area contributed by atoms with E-state index in [0.717, 1.165) is 29.4 Å². The van der Waals surface area contributed by atoms with Gasteiger partial charge in [-0.3, -0.25) is 0 Å². The van der Waals surface area contributed by atoms with Gasteiger partial charge in [0.2, 0.25) is 0 Å². The van der Waals surface area contributed by atoms with Gasteiger partial charge in [-0.05, 0) is 88.1 Å².